The van der Waals surface area contributed by atoms with Crippen LogP contribution in [0, 0.1) is 0 Å². The summed E-state index contributed by atoms with van der Waals surface area (Å²) in [6.07, 6.45) is 4.38. The van der Waals surface area contributed by atoms with Crippen molar-refractivity contribution in [2.24, 2.45) is 0 Å². The maximum atomic E-state index is 12.4. The molecule has 5 nitrogen and oxygen atoms in total. The zero-order valence-corrected chi connectivity index (χ0v) is 16.6. The van der Waals surface area contributed by atoms with Gasteiger partial charge in [-0.1, -0.05) is 66.0 Å². The fraction of sp³-hybridized carbons (Fsp3) is 0.273. The van der Waals surface area contributed by atoms with Crippen LogP contribution in [0.3, 0.4) is 0 Å². The molecule has 1 amide bonds. The summed E-state index contributed by atoms with van der Waals surface area (Å²) in [5.74, 6) is 0.0106. The second-order valence-electron chi connectivity index (χ2n) is 6.92. The van der Waals surface area contributed by atoms with Crippen LogP contribution in [0.15, 0.2) is 60.7 Å². The van der Waals surface area contributed by atoms with E-state index < -0.39 is 0 Å². The minimum atomic E-state index is 0.0106. The first-order valence-electron chi connectivity index (χ1n) is 9.58. The first-order valence-corrected chi connectivity index (χ1v) is 10.4. The van der Waals surface area contributed by atoms with Crippen molar-refractivity contribution in [3.8, 4) is 0 Å². The van der Waals surface area contributed by atoms with Crippen molar-refractivity contribution in [1.29, 1.82) is 0 Å². The molecule has 0 unspecified atom stereocenters. The first kappa shape index (κ1) is 18.8. The summed E-state index contributed by atoms with van der Waals surface area (Å²) < 4.78 is 1.09. The lowest BCUT2D eigenvalue weighted by Crippen LogP contribution is -2.48. The zero-order chi connectivity index (χ0) is 19.2. The summed E-state index contributed by atoms with van der Waals surface area (Å²) in [6.45, 7) is 5.14. The lowest BCUT2D eigenvalue weighted by molar-refractivity contribution is -0.117. The Morgan fingerprint density at radius 2 is 1.71 bits per heavy atom. The minimum Gasteiger partial charge on any atom is -0.301 e. The Morgan fingerprint density at radius 3 is 2.50 bits per heavy atom. The molecule has 1 aromatic heterocycles. The molecule has 4 rings (SSSR count). The number of hydrogen-bond donors (Lipinski definition) is 1. The number of benzene rings is 2. The monoisotopic (exact) mass is 392 g/mol. The summed E-state index contributed by atoms with van der Waals surface area (Å²) in [7, 11) is 0. The van der Waals surface area contributed by atoms with E-state index in [-0.39, 0.29) is 5.91 Å². The van der Waals surface area contributed by atoms with Crippen LogP contribution in [0.25, 0.3) is 16.3 Å². The molecule has 0 radical (unpaired) electrons. The Balaban J connectivity index is 1.20. The number of anilines is 1. The minimum absolute atomic E-state index is 0.0106. The van der Waals surface area contributed by atoms with Crippen molar-refractivity contribution in [1.82, 2.24) is 14.8 Å². The van der Waals surface area contributed by atoms with Gasteiger partial charge in [-0.2, -0.15) is 0 Å². The van der Waals surface area contributed by atoms with Gasteiger partial charge in [-0.25, -0.2) is 4.98 Å². The Hall–Kier alpha value is -2.54. The van der Waals surface area contributed by atoms with Gasteiger partial charge in [-0.05, 0) is 17.7 Å². The molecular formula is C22H24N4OS. The summed E-state index contributed by atoms with van der Waals surface area (Å²) in [5.41, 5.74) is 2.16. The molecular weight excluding hydrogens is 368 g/mol. The number of amides is 1. The molecule has 0 spiro atoms. The van der Waals surface area contributed by atoms with Gasteiger partial charge in [-0.3, -0.25) is 14.6 Å². The van der Waals surface area contributed by atoms with Gasteiger partial charge in [0.2, 0.25) is 5.91 Å². The third-order valence-corrected chi connectivity index (χ3v) is 5.80. The summed E-state index contributed by atoms with van der Waals surface area (Å²) >= 11 is 1.52. The number of thiazole rings is 1. The molecule has 0 aliphatic carbocycles. The molecule has 3 aromatic rings. The number of piperazine rings is 1. The third-order valence-electron chi connectivity index (χ3n) is 4.85. The molecule has 0 atom stereocenters. The largest absolute Gasteiger partial charge is 0.301 e. The summed E-state index contributed by atoms with van der Waals surface area (Å²) in [5, 5.41) is 3.62. The topological polar surface area (TPSA) is 48.5 Å². The molecule has 0 bridgehead atoms. The van der Waals surface area contributed by atoms with Crippen LogP contribution in [0.1, 0.15) is 5.56 Å². The van der Waals surface area contributed by atoms with Gasteiger partial charge in [0.05, 0.1) is 16.8 Å². The van der Waals surface area contributed by atoms with E-state index in [1.165, 1.54) is 16.9 Å². The number of fused-ring (bicyclic) bond motifs is 1. The van der Waals surface area contributed by atoms with Gasteiger partial charge in [0.1, 0.15) is 0 Å². The Labute approximate surface area is 169 Å². The maximum absolute atomic E-state index is 12.4. The van der Waals surface area contributed by atoms with E-state index in [1.54, 1.807) is 0 Å². The number of para-hydroxylation sites is 1. The second kappa shape index (κ2) is 9.10. The van der Waals surface area contributed by atoms with Crippen molar-refractivity contribution in [3.63, 3.8) is 0 Å². The lowest BCUT2D eigenvalue weighted by atomic mass is 10.2. The van der Waals surface area contributed by atoms with Gasteiger partial charge >= 0.3 is 0 Å². The standard InChI is InChI=1S/C22H24N4OS/c27-21(24-22-23-19-10-4-5-11-20(19)28-22)17-26-15-13-25(14-16-26)12-6-9-18-7-2-1-3-8-18/h1-11H,12-17H2,(H,23,24,27)/b9-6+. The molecule has 6 heteroatoms. The average Bonchev–Trinajstić information content (AvgIpc) is 3.12. The van der Waals surface area contributed by atoms with E-state index in [2.05, 4.69) is 56.5 Å². The van der Waals surface area contributed by atoms with Gasteiger partial charge in [0.15, 0.2) is 5.13 Å². The number of carbonyl (C=O) groups is 1. The van der Waals surface area contributed by atoms with Crippen LogP contribution in [-0.2, 0) is 4.79 Å². The predicted octanol–water partition coefficient (Wildman–Crippen LogP) is 3.57. The number of nitrogens with zero attached hydrogens (tertiary/aromatic N) is 3. The molecule has 1 N–H and O–H groups in total. The fourth-order valence-corrected chi connectivity index (χ4v) is 4.20. The number of rotatable bonds is 6. The molecule has 2 aromatic carbocycles. The van der Waals surface area contributed by atoms with Crippen molar-refractivity contribution in [2.45, 2.75) is 0 Å². The van der Waals surface area contributed by atoms with Crippen LogP contribution in [0.5, 0.6) is 0 Å². The number of aromatic nitrogens is 1. The molecule has 28 heavy (non-hydrogen) atoms. The summed E-state index contributed by atoms with van der Waals surface area (Å²) in [4.78, 5) is 21.5. The molecule has 1 aliphatic heterocycles. The predicted molar refractivity (Wildman–Crippen MR) is 117 cm³/mol. The maximum Gasteiger partial charge on any atom is 0.240 e. The molecule has 1 fully saturated rings. The molecule has 2 heterocycles. The lowest BCUT2D eigenvalue weighted by Gasteiger charge is -2.33. The van der Waals surface area contributed by atoms with Crippen LogP contribution in [-0.4, -0.2) is 60.0 Å². The van der Waals surface area contributed by atoms with Crippen LogP contribution < -0.4 is 5.32 Å². The third kappa shape index (κ3) is 5.04. The van der Waals surface area contributed by atoms with Crippen molar-refractivity contribution in [3.05, 3.63) is 66.2 Å². The molecule has 0 saturated carbocycles. The highest BCUT2D eigenvalue weighted by atomic mass is 32.1. The van der Waals surface area contributed by atoms with Crippen LogP contribution >= 0.6 is 11.3 Å². The highest BCUT2D eigenvalue weighted by Gasteiger charge is 2.18. The first-order chi connectivity index (χ1) is 13.8. The van der Waals surface area contributed by atoms with Gasteiger partial charge in [0.25, 0.3) is 0 Å². The zero-order valence-electron chi connectivity index (χ0n) is 15.8. The van der Waals surface area contributed by atoms with E-state index >= 15 is 0 Å². The Bertz CT molecular complexity index is 912. The van der Waals surface area contributed by atoms with Gasteiger partial charge < -0.3 is 5.32 Å². The van der Waals surface area contributed by atoms with E-state index in [9.17, 15) is 4.79 Å². The van der Waals surface area contributed by atoms with Crippen molar-refractivity contribution in [2.75, 3.05) is 44.6 Å². The number of hydrogen-bond acceptors (Lipinski definition) is 5. The molecule has 144 valence electrons. The van der Waals surface area contributed by atoms with Gasteiger partial charge in [0, 0.05) is 32.7 Å². The van der Waals surface area contributed by atoms with Crippen LogP contribution in [0.4, 0.5) is 5.13 Å². The van der Waals surface area contributed by atoms with Crippen molar-refractivity contribution >= 4 is 38.7 Å². The molecule has 1 saturated heterocycles. The van der Waals surface area contributed by atoms with Crippen LogP contribution in [0.2, 0.25) is 0 Å². The van der Waals surface area contributed by atoms with Gasteiger partial charge in [-0.15, -0.1) is 0 Å². The van der Waals surface area contributed by atoms with E-state index in [0.29, 0.717) is 11.7 Å². The van der Waals surface area contributed by atoms with E-state index in [1.807, 2.05) is 30.3 Å². The summed E-state index contributed by atoms with van der Waals surface area (Å²) in [6, 6.07) is 18.3. The normalized spacial score (nSPS) is 16.0. The molecule has 1 aliphatic rings. The highest BCUT2D eigenvalue weighted by molar-refractivity contribution is 7.22. The Kier molecular flexibility index (Phi) is 6.11. The smallest absolute Gasteiger partial charge is 0.240 e. The SMILES string of the molecule is O=C(CN1CCN(C/C=C/c2ccccc2)CC1)Nc1nc2ccccc2s1. The van der Waals surface area contributed by atoms with E-state index in [4.69, 9.17) is 0 Å². The van der Waals surface area contributed by atoms with E-state index in [0.717, 1.165) is 42.9 Å². The second-order valence-corrected chi connectivity index (χ2v) is 7.96. The highest BCUT2D eigenvalue weighted by Crippen LogP contribution is 2.25. The van der Waals surface area contributed by atoms with Crippen molar-refractivity contribution < 1.29 is 4.79 Å². The number of carbonyl (C=O) groups excluding carboxylic acids is 1. The average molecular weight is 393 g/mol. The Morgan fingerprint density at radius 1 is 1.00 bits per heavy atom. The quantitative estimate of drug-likeness (QED) is 0.697. The number of nitrogens with one attached hydrogen (secondary N) is 1. The fourth-order valence-electron chi connectivity index (χ4n) is 3.32.